The molecule has 7 heteroatoms. The summed E-state index contributed by atoms with van der Waals surface area (Å²) in [4.78, 5) is 12.6. The van der Waals surface area contributed by atoms with Crippen LogP contribution < -0.4 is 5.32 Å². The van der Waals surface area contributed by atoms with Crippen molar-refractivity contribution in [2.75, 3.05) is 26.2 Å². The molecule has 0 aromatic heterocycles. The third kappa shape index (κ3) is 2.97. The van der Waals surface area contributed by atoms with Gasteiger partial charge < -0.3 is 10.2 Å². The number of nitro groups is 1. The van der Waals surface area contributed by atoms with Crippen LogP contribution in [0.5, 0.6) is 0 Å². The minimum absolute atomic E-state index is 0.00462. The first-order valence-electron chi connectivity index (χ1n) is 6.51. The van der Waals surface area contributed by atoms with Crippen LogP contribution in [0.3, 0.4) is 0 Å². The molecule has 2 aliphatic heterocycles. The smallest absolute Gasteiger partial charge is 0.266 e. The summed E-state index contributed by atoms with van der Waals surface area (Å²) in [6.45, 7) is 2.08. The quantitative estimate of drug-likeness (QED) is 0.445. The van der Waals surface area contributed by atoms with Gasteiger partial charge in [0.2, 0.25) is 0 Å². The van der Waals surface area contributed by atoms with Gasteiger partial charge in [0.05, 0.1) is 6.10 Å². The fraction of sp³-hybridized carbons (Fsp3) is 1.00. The monoisotopic (exact) mass is 259 g/mol. The first-order chi connectivity index (χ1) is 8.61. The summed E-state index contributed by atoms with van der Waals surface area (Å²) < 4.78 is 0. The van der Waals surface area contributed by atoms with Gasteiger partial charge in [-0.15, -0.1) is 0 Å². The van der Waals surface area contributed by atoms with Crippen molar-refractivity contribution < 1.29 is 15.1 Å². The van der Waals surface area contributed by atoms with Crippen molar-refractivity contribution in [3.8, 4) is 0 Å². The molecule has 0 spiro atoms. The molecule has 4 atom stereocenters. The molecule has 7 nitrogen and oxygen atoms in total. The average molecular weight is 259 g/mol. The maximum absolute atomic E-state index is 10.6. The van der Waals surface area contributed by atoms with Crippen LogP contribution in [0.25, 0.3) is 0 Å². The third-order valence-corrected chi connectivity index (χ3v) is 4.09. The number of hydrogen-bond acceptors (Lipinski definition) is 6. The minimum atomic E-state index is -0.620. The van der Waals surface area contributed by atoms with E-state index < -0.39 is 12.3 Å². The van der Waals surface area contributed by atoms with Crippen molar-refractivity contribution >= 4 is 0 Å². The molecule has 18 heavy (non-hydrogen) atoms. The van der Waals surface area contributed by atoms with Crippen LogP contribution in [0.15, 0.2) is 0 Å². The maximum atomic E-state index is 10.6. The van der Waals surface area contributed by atoms with Crippen molar-refractivity contribution in [2.24, 2.45) is 5.92 Å². The second-order valence-electron chi connectivity index (χ2n) is 5.23. The average Bonchev–Trinajstić information content (AvgIpc) is 2.39. The lowest BCUT2D eigenvalue weighted by Gasteiger charge is -2.41. The Labute approximate surface area is 106 Å². The second-order valence-corrected chi connectivity index (χ2v) is 5.23. The molecule has 2 fully saturated rings. The maximum Gasteiger partial charge on any atom is 0.266 e. The summed E-state index contributed by atoms with van der Waals surface area (Å²) in [6, 6.07) is 0.280. The normalized spacial score (nSPS) is 38.6. The van der Waals surface area contributed by atoms with Crippen LogP contribution in [0.4, 0.5) is 0 Å². The molecule has 2 aliphatic rings. The summed E-state index contributed by atoms with van der Waals surface area (Å²) in [5.41, 5.74) is 0. The Morgan fingerprint density at radius 2 is 2.17 bits per heavy atom. The van der Waals surface area contributed by atoms with Crippen molar-refractivity contribution in [1.82, 2.24) is 10.2 Å². The first-order valence-corrected chi connectivity index (χ1v) is 6.51. The van der Waals surface area contributed by atoms with Gasteiger partial charge in [-0.25, -0.2) is 0 Å². The Morgan fingerprint density at radius 3 is 2.72 bits per heavy atom. The fourth-order valence-electron chi connectivity index (χ4n) is 2.88. The number of nitrogens with zero attached hydrogens (tertiary/aromatic N) is 2. The number of likely N-dealkylation sites (tertiary alicyclic amines) is 1. The lowest BCUT2D eigenvalue weighted by atomic mass is 9.92. The highest BCUT2D eigenvalue weighted by Crippen LogP contribution is 2.22. The van der Waals surface area contributed by atoms with E-state index in [1.807, 2.05) is 0 Å². The van der Waals surface area contributed by atoms with E-state index in [1.54, 1.807) is 0 Å². The Hall–Kier alpha value is -0.760. The van der Waals surface area contributed by atoms with Crippen molar-refractivity contribution in [3.05, 3.63) is 10.1 Å². The lowest BCUT2D eigenvalue weighted by Crippen LogP contribution is -2.56. The molecule has 0 amide bonds. The van der Waals surface area contributed by atoms with Gasteiger partial charge in [0, 0.05) is 49.5 Å². The lowest BCUT2D eigenvalue weighted by molar-refractivity contribution is -0.532. The van der Waals surface area contributed by atoms with Crippen LogP contribution in [-0.2, 0) is 0 Å². The molecule has 0 radical (unpaired) electrons. The van der Waals surface area contributed by atoms with Gasteiger partial charge in [-0.1, -0.05) is 0 Å². The molecule has 2 rings (SSSR count). The molecule has 0 aromatic rings. The SMILES string of the molecule is O=[N+]([O-])C1CCC(N2CCC(O)C(CO)C2)CN1. The van der Waals surface area contributed by atoms with E-state index in [9.17, 15) is 20.3 Å². The highest BCUT2D eigenvalue weighted by atomic mass is 16.6. The number of aliphatic hydroxyl groups excluding tert-OH is 2. The van der Waals surface area contributed by atoms with E-state index in [4.69, 9.17) is 0 Å². The number of aliphatic hydroxyl groups is 2. The number of hydrogen-bond donors (Lipinski definition) is 3. The van der Waals surface area contributed by atoms with Crippen LogP contribution in [0, 0.1) is 16.0 Å². The van der Waals surface area contributed by atoms with Gasteiger partial charge in [0.15, 0.2) is 0 Å². The van der Waals surface area contributed by atoms with E-state index in [2.05, 4.69) is 10.2 Å². The third-order valence-electron chi connectivity index (χ3n) is 4.09. The largest absolute Gasteiger partial charge is 0.396 e. The summed E-state index contributed by atoms with van der Waals surface area (Å²) in [5, 5.41) is 32.5. The summed E-state index contributed by atoms with van der Waals surface area (Å²) in [6.07, 6.45) is 0.966. The van der Waals surface area contributed by atoms with Gasteiger partial charge in [-0.3, -0.25) is 20.3 Å². The van der Waals surface area contributed by atoms with E-state index in [0.29, 0.717) is 25.9 Å². The summed E-state index contributed by atoms with van der Waals surface area (Å²) in [7, 11) is 0. The second kappa shape index (κ2) is 5.92. The molecule has 4 unspecified atom stereocenters. The molecule has 2 heterocycles. The highest BCUT2D eigenvalue weighted by Gasteiger charge is 2.35. The molecule has 0 saturated carbocycles. The van der Waals surface area contributed by atoms with E-state index in [-0.39, 0.29) is 23.5 Å². The zero-order chi connectivity index (χ0) is 13.1. The van der Waals surface area contributed by atoms with Crippen LogP contribution in [0.2, 0.25) is 0 Å². The van der Waals surface area contributed by atoms with Crippen molar-refractivity contribution in [1.29, 1.82) is 0 Å². The van der Waals surface area contributed by atoms with Crippen LogP contribution in [-0.4, -0.2) is 64.6 Å². The van der Waals surface area contributed by atoms with Crippen molar-refractivity contribution in [3.63, 3.8) is 0 Å². The van der Waals surface area contributed by atoms with Gasteiger partial charge >= 0.3 is 0 Å². The molecular weight excluding hydrogens is 238 g/mol. The standard InChI is InChI=1S/C11H21N3O4/c15-7-8-6-13(4-3-10(8)16)9-1-2-11(12-5-9)14(17)18/h8-12,15-16H,1-7H2. The zero-order valence-electron chi connectivity index (χ0n) is 10.4. The first kappa shape index (κ1) is 13.7. The Morgan fingerprint density at radius 1 is 1.39 bits per heavy atom. The van der Waals surface area contributed by atoms with E-state index in [1.165, 1.54) is 0 Å². The molecule has 0 bridgehead atoms. The van der Waals surface area contributed by atoms with E-state index in [0.717, 1.165) is 13.0 Å². The zero-order valence-corrected chi connectivity index (χ0v) is 10.4. The van der Waals surface area contributed by atoms with Crippen molar-refractivity contribution in [2.45, 2.75) is 37.6 Å². The molecule has 2 saturated heterocycles. The number of rotatable bonds is 3. The minimum Gasteiger partial charge on any atom is -0.396 e. The summed E-state index contributed by atoms with van der Waals surface area (Å²) >= 11 is 0. The topological polar surface area (TPSA) is 98.9 Å². The molecule has 3 N–H and O–H groups in total. The van der Waals surface area contributed by atoms with Gasteiger partial charge in [0.1, 0.15) is 0 Å². The molecular formula is C11H21N3O4. The van der Waals surface area contributed by atoms with Gasteiger partial charge in [0.25, 0.3) is 6.17 Å². The van der Waals surface area contributed by atoms with Gasteiger partial charge in [-0.2, -0.15) is 0 Å². The van der Waals surface area contributed by atoms with Crippen LogP contribution >= 0.6 is 0 Å². The van der Waals surface area contributed by atoms with Gasteiger partial charge in [-0.05, 0) is 12.8 Å². The molecule has 104 valence electrons. The summed E-state index contributed by atoms with van der Waals surface area (Å²) in [5.74, 6) is -0.0908. The van der Waals surface area contributed by atoms with Crippen LogP contribution in [0.1, 0.15) is 19.3 Å². The number of piperidine rings is 2. The predicted octanol–water partition coefficient (Wildman–Crippen LogP) is -0.984. The molecule has 0 aliphatic carbocycles. The molecule has 0 aromatic carbocycles. The van der Waals surface area contributed by atoms with E-state index >= 15 is 0 Å². The highest BCUT2D eigenvalue weighted by molar-refractivity contribution is 4.87. The number of nitrogens with one attached hydrogen (secondary N) is 1. The Balaban J connectivity index is 1.84. The Kier molecular flexibility index (Phi) is 4.50. The predicted molar refractivity (Wildman–Crippen MR) is 64.6 cm³/mol. The Bertz CT molecular complexity index is 294. The fourth-order valence-corrected chi connectivity index (χ4v) is 2.88.